The minimum atomic E-state index is 0.205. The number of carbonyl (C=O) groups excluding carboxylic acids is 1. The van der Waals surface area contributed by atoms with Gasteiger partial charge in [0.2, 0.25) is 5.91 Å². The Kier molecular flexibility index (Phi) is 4.80. The van der Waals surface area contributed by atoms with Crippen molar-refractivity contribution in [3.05, 3.63) is 29.8 Å². The molecule has 1 spiro atoms. The van der Waals surface area contributed by atoms with Crippen LogP contribution < -0.4 is 10.6 Å². The van der Waals surface area contributed by atoms with Crippen molar-refractivity contribution in [3.8, 4) is 0 Å². The summed E-state index contributed by atoms with van der Waals surface area (Å²) in [6, 6.07) is 8.75. The van der Waals surface area contributed by atoms with Gasteiger partial charge < -0.3 is 15.4 Å². The number of ether oxygens (including phenoxy) is 1. The third-order valence-electron chi connectivity index (χ3n) is 6.36. The number of nitrogens with zero attached hydrogens (tertiary/aromatic N) is 1. The summed E-state index contributed by atoms with van der Waals surface area (Å²) in [5.41, 5.74) is 2.50. The Hall–Kier alpha value is -1.43. The van der Waals surface area contributed by atoms with E-state index in [0.717, 1.165) is 64.3 Å². The zero-order valence-electron chi connectivity index (χ0n) is 15.1. The van der Waals surface area contributed by atoms with Gasteiger partial charge in [0.1, 0.15) is 0 Å². The van der Waals surface area contributed by atoms with E-state index < -0.39 is 0 Å². The molecule has 2 heterocycles. The molecule has 0 bridgehead atoms. The first-order valence-corrected chi connectivity index (χ1v) is 9.61. The Morgan fingerprint density at radius 1 is 1.24 bits per heavy atom. The third kappa shape index (κ3) is 3.59. The second-order valence-corrected chi connectivity index (χ2v) is 7.80. The molecule has 2 N–H and O–H groups in total. The van der Waals surface area contributed by atoms with E-state index in [0.29, 0.717) is 11.5 Å². The summed E-state index contributed by atoms with van der Waals surface area (Å²) < 4.78 is 5.43. The Morgan fingerprint density at radius 3 is 2.60 bits per heavy atom. The molecule has 1 aromatic rings. The van der Waals surface area contributed by atoms with Gasteiger partial charge in [-0.05, 0) is 62.4 Å². The quantitative estimate of drug-likeness (QED) is 0.881. The lowest BCUT2D eigenvalue weighted by atomic mass is 9.92. The highest BCUT2D eigenvalue weighted by Gasteiger charge is 2.57. The molecule has 2 saturated heterocycles. The van der Waals surface area contributed by atoms with Gasteiger partial charge in [0.15, 0.2) is 0 Å². The summed E-state index contributed by atoms with van der Waals surface area (Å²) in [6.45, 7) is 7.95. The van der Waals surface area contributed by atoms with Gasteiger partial charge in [0.05, 0.1) is 13.2 Å². The lowest BCUT2D eigenvalue weighted by Crippen LogP contribution is -2.38. The molecule has 0 radical (unpaired) electrons. The Balaban J connectivity index is 1.33. The van der Waals surface area contributed by atoms with Gasteiger partial charge in [-0.25, -0.2) is 0 Å². The largest absolute Gasteiger partial charge is 0.379 e. The van der Waals surface area contributed by atoms with Crippen LogP contribution in [0.1, 0.15) is 37.8 Å². The maximum absolute atomic E-state index is 12.6. The van der Waals surface area contributed by atoms with Crippen LogP contribution in [0.2, 0.25) is 0 Å². The highest BCUT2D eigenvalue weighted by Crippen LogP contribution is 2.58. The Labute approximate surface area is 150 Å². The summed E-state index contributed by atoms with van der Waals surface area (Å²) in [6.07, 6.45) is 3.34. The molecule has 2 unspecified atom stereocenters. The van der Waals surface area contributed by atoms with Crippen molar-refractivity contribution in [2.24, 2.45) is 11.3 Å². The van der Waals surface area contributed by atoms with Gasteiger partial charge in [-0.15, -0.1) is 0 Å². The van der Waals surface area contributed by atoms with Crippen LogP contribution >= 0.6 is 0 Å². The topological polar surface area (TPSA) is 53.6 Å². The van der Waals surface area contributed by atoms with Crippen LogP contribution in [0, 0.1) is 11.3 Å². The number of anilines is 1. The maximum atomic E-state index is 12.6. The highest BCUT2D eigenvalue weighted by molar-refractivity contribution is 5.95. The summed E-state index contributed by atoms with van der Waals surface area (Å²) >= 11 is 0. The highest BCUT2D eigenvalue weighted by atomic mass is 16.5. The van der Waals surface area contributed by atoms with Crippen molar-refractivity contribution < 1.29 is 9.53 Å². The zero-order chi connectivity index (χ0) is 17.3. The minimum Gasteiger partial charge on any atom is -0.379 e. The molecule has 5 heteroatoms. The number of rotatable bonds is 4. The molecule has 1 aliphatic carbocycles. The fraction of sp³-hybridized carbons (Fsp3) is 0.650. The molecule has 1 amide bonds. The molecule has 2 aliphatic heterocycles. The standard InChI is InChI=1S/C20H29N3O2/c1-15(23-10-12-25-13-11-23)16-2-4-17(5-3-16)22-19(24)18-14-20(18)6-8-21-9-7-20/h2-5,15,18,21H,6-14H2,1H3,(H,22,24). The summed E-state index contributed by atoms with van der Waals surface area (Å²) in [7, 11) is 0. The Bertz CT molecular complexity index is 604. The van der Waals surface area contributed by atoms with E-state index in [1.54, 1.807) is 0 Å². The molecule has 25 heavy (non-hydrogen) atoms. The zero-order valence-corrected chi connectivity index (χ0v) is 15.1. The van der Waals surface area contributed by atoms with E-state index >= 15 is 0 Å². The van der Waals surface area contributed by atoms with Crippen molar-refractivity contribution in [2.75, 3.05) is 44.7 Å². The number of hydrogen-bond donors (Lipinski definition) is 2. The van der Waals surface area contributed by atoms with Gasteiger partial charge >= 0.3 is 0 Å². The summed E-state index contributed by atoms with van der Waals surface area (Å²) in [4.78, 5) is 15.0. The first-order chi connectivity index (χ1) is 12.2. The summed E-state index contributed by atoms with van der Waals surface area (Å²) in [5, 5.41) is 6.52. The van der Waals surface area contributed by atoms with E-state index in [1.807, 2.05) is 12.1 Å². The molecule has 2 atom stereocenters. The fourth-order valence-corrected chi connectivity index (χ4v) is 4.45. The second kappa shape index (κ2) is 7.06. The van der Waals surface area contributed by atoms with E-state index in [9.17, 15) is 4.79 Å². The van der Waals surface area contributed by atoms with Gasteiger partial charge in [-0.2, -0.15) is 0 Å². The minimum absolute atomic E-state index is 0.205. The van der Waals surface area contributed by atoms with Crippen LogP contribution in [0.4, 0.5) is 5.69 Å². The molecule has 4 rings (SSSR count). The molecule has 3 fully saturated rings. The maximum Gasteiger partial charge on any atom is 0.228 e. The molecule has 3 aliphatic rings. The average Bonchev–Trinajstić information content (AvgIpc) is 3.36. The Morgan fingerprint density at radius 2 is 1.92 bits per heavy atom. The smallest absolute Gasteiger partial charge is 0.228 e. The van der Waals surface area contributed by atoms with Crippen LogP contribution in [-0.4, -0.2) is 50.2 Å². The molecule has 1 aromatic carbocycles. The monoisotopic (exact) mass is 343 g/mol. The van der Waals surface area contributed by atoms with Crippen LogP contribution in [0.15, 0.2) is 24.3 Å². The van der Waals surface area contributed by atoms with Gasteiger partial charge in [-0.3, -0.25) is 9.69 Å². The van der Waals surface area contributed by atoms with Crippen LogP contribution in [-0.2, 0) is 9.53 Å². The first kappa shape index (κ1) is 17.0. The van der Waals surface area contributed by atoms with E-state index in [1.165, 1.54) is 5.56 Å². The number of amides is 1. The predicted molar refractivity (Wildman–Crippen MR) is 98.5 cm³/mol. The SMILES string of the molecule is CC(c1ccc(NC(=O)C2CC23CCNCC3)cc1)N1CCOCC1. The molecular formula is C20H29N3O2. The molecule has 0 aromatic heterocycles. The average molecular weight is 343 g/mol. The molecule has 136 valence electrons. The molecule has 5 nitrogen and oxygen atoms in total. The number of piperidine rings is 1. The van der Waals surface area contributed by atoms with Crippen molar-refractivity contribution in [3.63, 3.8) is 0 Å². The van der Waals surface area contributed by atoms with E-state index in [4.69, 9.17) is 4.74 Å². The van der Waals surface area contributed by atoms with Gasteiger partial charge in [0.25, 0.3) is 0 Å². The predicted octanol–water partition coefficient (Wildman–Crippen LogP) is 2.41. The molecule has 1 saturated carbocycles. The van der Waals surface area contributed by atoms with Crippen molar-refractivity contribution in [1.29, 1.82) is 0 Å². The van der Waals surface area contributed by atoms with Crippen LogP contribution in [0.25, 0.3) is 0 Å². The van der Waals surface area contributed by atoms with Crippen molar-refractivity contribution >= 4 is 11.6 Å². The lowest BCUT2D eigenvalue weighted by molar-refractivity contribution is -0.118. The number of hydrogen-bond acceptors (Lipinski definition) is 4. The number of nitrogens with one attached hydrogen (secondary N) is 2. The van der Waals surface area contributed by atoms with E-state index in [2.05, 4.69) is 34.6 Å². The second-order valence-electron chi connectivity index (χ2n) is 7.80. The molecular weight excluding hydrogens is 314 g/mol. The first-order valence-electron chi connectivity index (χ1n) is 9.61. The van der Waals surface area contributed by atoms with Gasteiger partial charge in [-0.1, -0.05) is 12.1 Å². The van der Waals surface area contributed by atoms with Gasteiger partial charge in [0, 0.05) is 30.7 Å². The lowest BCUT2D eigenvalue weighted by Gasteiger charge is -2.32. The van der Waals surface area contributed by atoms with Crippen LogP contribution in [0.5, 0.6) is 0 Å². The van der Waals surface area contributed by atoms with Crippen molar-refractivity contribution in [2.45, 2.75) is 32.2 Å². The number of benzene rings is 1. The van der Waals surface area contributed by atoms with E-state index in [-0.39, 0.29) is 11.8 Å². The fourth-order valence-electron chi connectivity index (χ4n) is 4.45. The number of morpholine rings is 1. The summed E-state index contributed by atoms with van der Waals surface area (Å²) in [5.74, 6) is 0.414. The van der Waals surface area contributed by atoms with Crippen LogP contribution in [0.3, 0.4) is 0 Å². The normalized spacial score (nSPS) is 27.0. The third-order valence-corrected chi connectivity index (χ3v) is 6.36. The number of carbonyl (C=O) groups is 1. The van der Waals surface area contributed by atoms with Crippen molar-refractivity contribution in [1.82, 2.24) is 10.2 Å².